The molecule has 2 aromatic rings. The number of ether oxygens (including phenoxy) is 1. The summed E-state index contributed by atoms with van der Waals surface area (Å²) < 4.78 is 19.0. The number of piperidine rings is 1. The molecule has 2 atom stereocenters. The van der Waals surface area contributed by atoms with E-state index in [4.69, 9.17) is 11.3 Å². The summed E-state index contributed by atoms with van der Waals surface area (Å²) in [5.74, 6) is 0.650. The van der Waals surface area contributed by atoms with Crippen molar-refractivity contribution >= 4 is 22.5 Å². The van der Waals surface area contributed by atoms with E-state index in [0.29, 0.717) is 6.04 Å². The lowest BCUT2D eigenvalue weighted by Crippen LogP contribution is -2.46. The molecule has 0 spiro atoms. The number of pyridine rings is 1. The Bertz CT molecular complexity index is 954. The van der Waals surface area contributed by atoms with Gasteiger partial charge >= 0.3 is 6.17 Å². The second kappa shape index (κ2) is 8.84. The van der Waals surface area contributed by atoms with Crippen LogP contribution in [0.5, 0.6) is 5.75 Å². The molecular formula is C22H27FN5O2+. The smallest absolute Gasteiger partial charge is 0.352 e. The number of carbonyl (C=O) groups excluding carboxylic acids is 1. The number of carbonyl (C=O) groups is 1. The van der Waals surface area contributed by atoms with Crippen molar-refractivity contribution < 1.29 is 13.9 Å². The molecule has 2 fully saturated rings. The molecule has 0 bridgehead atoms. The van der Waals surface area contributed by atoms with Gasteiger partial charge in [0.15, 0.2) is 0 Å². The zero-order valence-electron chi connectivity index (χ0n) is 17.1. The number of nitrogens with zero attached hydrogens (tertiary/aromatic N) is 4. The van der Waals surface area contributed by atoms with Crippen molar-refractivity contribution in [2.45, 2.75) is 37.6 Å². The fourth-order valence-corrected chi connectivity index (χ4v) is 4.35. The number of hydrogen-bond donors (Lipinski definition) is 1. The van der Waals surface area contributed by atoms with Gasteiger partial charge in [0.2, 0.25) is 5.91 Å². The van der Waals surface area contributed by atoms with Crippen molar-refractivity contribution in [1.29, 1.82) is 0 Å². The summed E-state index contributed by atoms with van der Waals surface area (Å²) in [7, 11) is 1.65. The number of halogens is 1. The number of alkyl halides is 1. The minimum Gasteiger partial charge on any atom is -0.494 e. The topological polar surface area (TPSA) is 62.1 Å². The van der Waals surface area contributed by atoms with Gasteiger partial charge in [0.05, 0.1) is 26.6 Å². The van der Waals surface area contributed by atoms with Gasteiger partial charge in [0.25, 0.3) is 6.57 Å². The summed E-state index contributed by atoms with van der Waals surface area (Å²) in [6, 6.07) is 8.22. The molecule has 30 heavy (non-hydrogen) atoms. The van der Waals surface area contributed by atoms with Gasteiger partial charge in [-0.25, -0.2) is 4.39 Å². The summed E-state index contributed by atoms with van der Waals surface area (Å²) in [6.45, 7) is 7.30. The maximum absolute atomic E-state index is 13.6. The molecule has 3 heterocycles. The molecule has 0 aliphatic carbocycles. The first-order chi connectivity index (χ1) is 14.6. The zero-order chi connectivity index (χ0) is 21.1. The number of likely N-dealkylation sites (tertiary alicyclic amines) is 2. The highest BCUT2D eigenvalue weighted by Gasteiger charge is 2.42. The van der Waals surface area contributed by atoms with E-state index in [-0.39, 0.29) is 25.4 Å². The van der Waals surface area contributed by atoms with Crippen LogP contribution < -0.4 is 10.1 Å². The van der Waals surface area contributed by atoms with E-state index in [9.17, 15) is 9.18 Å². The maximum atomic E-state index is 13.6. The van der Waals surface area contributed by atoms with Crippen LogP contribution in [-0.2, 0) is 4.79 Å². The van der Waals surface area contributed by atoms with Crippen LogP contribution in [0.15, 0.2) is 30.5 Å². The molecular weight excluding hydrogens is 385 g/mol. The molecule has 1 aromatic heterocycles. The fourth-order valence-electron chi connectivity index (χ4n) is 4.35. The van der Waals surface area contributed by atoms with Gasteiger partial charge < -0.3 is 10.1 Å². The highest BCUT2D eigenvalue weighted by atomic mass is 19.1. The van der Waals surface area contributed by atoms with Gasteiger partial charge in [-0.05, 0) is 37.1 Å². The van der Waals surface area contributed by atoms with Crippen LogP contribution in [0.1, 0.15) is 19.3 Å². The van der Waals surface area contributed by atoms with Gasteiger partial charge in [-0.1, -0.05) is 4.85 Å². The molecule has 2 aliphatic rings. The summed E-state index contributed by atoms with van der Waals surface area (Å²) in [5, 5.41) is 4.66. The number of amides is 1. The van der Waals surface area contributed by atoms with Gasteiger partial charge in [-0.2, -0.15) is 0 Å². The minimum atomic E-state index is -1.05. The average Bonchev–Trinajstić information content (AvgIpc) is 3.16. The van der Waals surface area contributed by atoms with Crippen molar-refractivity contribution in [1.82, 2.24) is 14.8 Å². The van der Waals surface area contributed by atoms with Crippen molar-refractivity contribution in [3.8, 4) is 12.3 Å². The Balaban J connectivity index is 1.34. The highest BCUT2D eigenvalue weighted by molar-refractivity contribution is 5.95. The Labute approximate surface area is 175 Å². The molecule has 8 heteroatoms. The maximum Gasteiger partial charge on any atom is 0.352 e. The Morgan fingerprint density at radius 2 is 2.17 bits per heavy atom. The highest BCUT2D eigenvalue weighted by Crippen LogP contribution is 2.31. The normalized spacial score (nSPS) is 22.8. The minimum absolute atomic E-state index is 0.0841. The van der Waals surface area contributed by atoms with Crippen LogP contribution in [0.2, 0.25) is 0 Å². The van der Waals surface area contributed by atoms with E-state index in [1.165, 1.54) is 4.90 Å². The number of methoxy groups -OCH3 is 1. The first-order valence-electron chi connectivity index (χ1n) is 10.3. The van der Waals surface area contributed by atoms with Crippen LogP contribution in [0, 0.1) is 6.57 Å². The molecule has 4 rings (SSSR count). The lowest BCUT2D eigenvalue weighted by molar-refractivity contribution is -0.133. The standard InChI is InChI=1S/C22H27FN5O2/c1-24-20-12-15(23)13-28(20)21(29)14-27-10-7-16(8-11-27)26-18-5-6-19(30-2)22-17(18)4-3-9-25-22/h1,3-6,9,15-16,20,26H,7-8,10-14H2,2H3/q+1/t15-,20?/m0/s1. The summed E-state index contributed by atoms with van der Waals surface area (Å²) in [6.07, 6.45) is 2.20. The van der Waals surface area contributed by atoms with E-state index in [1.807, 2.05) is 24.3 Å². The summed E-state index contributed by atoms with van der Waals surface area (Å²) in [5.41, 5.74) is 1.87. The molecule has 7 nitrogen and oxygen atoms in total. The zero-order valence-corrected chi connectivity index (χ0v) is 17.1. The van der Waals surface area contributed by atoms with Gasteiger partial charge in [-0.3, -0.25) is 19.6 Å². The predicted molar refractivity (Wildman–Crippen MR) is 115 cm³/mol. The third-order valence-electron chi connectivity index (χ3n) is 5.97. The molecule has 1 unspecified atom stereocenters. The lowest BCUT2D eigenvalue weighted by Gasteiger charge is -2.33. The number of benzene rings is 1. The van der Waals surface area contributed by atoms with Crippen LogP contribution in [0.4, 0.5) is 10.1 Å². The van der Waals surface area contributed by atoms with Gasteiger partial charge in [-0.15, -0.1) is 0 Å². The first-order valence-corrected chi connectivity index (χ1v) is 10.3. The molecule has 158 valence electrons. The third-order valence-corrected chi connectivity index (χ3v) is 5.97. The molecule has 2 saturated heterocycles. The molecule has 0 saturated carbocycles. The molecule has 2 aliphatic heterocycles. The first kappa shape index (κ1) is 20.4. The number of fused-ring (bicyclic) bond motifs is 1. The average molecular weight is 412 g/mol. The van der Waals surface area contributed by atoms with Crippen LogP contribution in [0.25, 0.3) is 15.7 Å². The summed E-state index contributed by atoms with van der Waals surface area (Å²) >= 11 is 0. The van der Waals surface area contributed by atoms with E-state index in [0.717, 1.165) is 48.3 Å². The second-order valence-corrected chi connectivity index (χ2v) is 7.92. The third kappa shape index (κ3) is 4.17. The SMILES string of the molecule is C#[N+]C1C[C@H](F)CN1C(=O)CN1CCC(Nc2ccc(OC)c3ncccc23)CC1. The van der Waals surface area contributed by atoms with Crippen molar-refractivity contribution in [3.63, 3.8) is 0 Å². The molecule has 1 amide bonds. The predicted octanol–water partition coefficient (Wildman–Crippen LogP) is 2.98. The fraction of sp³-hybridized carbons (Fsp3) is 0.500. The summed E-state index contributed by atoms with van der Waals surface area (Å²) in [4.78, 5) is 24.3. The number of aromatic nitrogens is 1. The van der Waals surface area contributed by atoms with Crippen molar-refractivity contribution in [2.24, 2.45) is 0 Å². The Morgan fingerprint density at radius 3 is 2.90 bits per heavy atom. The molecule has 1 N–H and O–H groups in total. The Hall–Kier alpha value is -2.92. The largest absolute Gasteiger partial charge is 0.494 e. The number of rotatable bonds is 5. The number of hydrogen-bond acceptors (Lipinski definition) is 5. The van der Waals surface area contributed by atoms with Crippen LogP contribution >= 0.6 is 0 Å². The van der Waals surface area contributed by atoms with Crippen LogP contribution in [0.3, 0.4) is 0 Å². The molecule has 1 aromatic carbocycles. The van der Waals surface area contributed by atoms with Crippen molar-refractivity contribution in [3.05, 3.63) is 35.3 Å². The van der Waals surface area contributed by atoms with Crippen LogP contribution in [-0.4, -0.2) is 72.4 Å². The Morgan fingerprint density at radius 1 is 1.37 bits per heavy atom. The quantitative estimate of drug-likeness (QED) is 0.818. The monoisotopic (exact) mass is 412 g/mol. The van der Waals surface area contributed by atoms with E-state index in [1.54, 1.807) is 13.3 Å². The van der Waals surface area contributed by atoms with Crippen molar-refractivity contribution in [2.75, 3.05) is 38.6 Å². The van der Waals surface area contributed by atoms with Gasteiger partial charge in [0, 0.05) is 36.4 Å². The number of anilines is 1. The Kier molecular flexibility index (Phi) is 6.00. The van der Waals surface area contributed by atoms with E-state index >= 15 is 0 Å². The number of nitrogens with one attached hydrogen (secondary N) is 1. The lowest BCUT2D eigenvalue weighted by atomic mass is 10.0. The molecule has 0 radical (unpaired) electrons. The van der Waals surface area contributed by atoms with E-state index in [2.05, 4.69) is 20.0 Å². The van der Waals surface area contributed by atoms with Gasteiger partial charge in [0.1, 0.15) is 17.4 Å². The van der Waals surface area contributed by atoms with E-state index < -0.39 is 12.3 Å². The second-order valence-electron chi connectivity index (χ2n) is 7.92.